The van der Waals surface area contributed by atoms with E-state index in [1.165, 1.54) is 11.0 Å². The molecule has 2 amide bonds. The number of hydrogen-bond acceptors (Lipinski definition) is 3. The molecule has 3 rings (SSSR count). The Hall–Kier alpha value is -2.24. The third-order valence-electron chi connectivity index (χ3n) is 4.07. The summed E-state index contributed by atoms with van der Waals surface area (Å²) in [5.41, 5.74) is 1.27. The minimum atomic E-state index is -0.366. The number of halogens is 2. The van der Waals surface area contributed by atoms with E-state index in [1.54, 1.807) is 43.4 Å². The SMILES string of the molecule is CN(CCN1C(=O)c2ccccc2C1=O)Cc1c(F)cccc1Cl. The van der Waals surface area contributed by atoms with Crippen LogP contribution in [0.3, 0.4) is 0 Å². The first kappa shape index (κ1) is 16.6. The van der Waals surface area contributed by atoms with Gasteiger partial charge < -0.3 is 4.90 Å². The van der Waals surface area contributed by atoms with E-state index in [4.69, 9.17) is 11.6 Å². The topological polar surface area (TPSA) is 40.6 Å². The Bertz CT molecular complexity index is 754. The van der Waals surface area contributed by atoms with Crippen LogP contribution in [-0.2, 0) is 6.54 Å². The summed E-state index contributed by atoms with van der Waals surface area (Å²) in [5.74, 6) is -0.934. The van der Waals surface area contributed by atoms with E-state index in [0.29, 0.717) is 34.8 Å². The van der Waals surface area contributed by atoms with Gasteiger partial charge >= 0.3 is 0 Å². The third-order valence-corrected chi connectivity index (χ3v) is 4.43. The largest absolute Gasteiger partial charge is 0.300 e. The molecule has 0 saturated heterocycles. The quantitative estimate of drug-likeness (QED) is 0.781. The minimum absolute atomic E-state index is 0.245. The maximum atomic E-state index is 13.8. The number of imide groups is 1. The second kappa shape index (κ2) is 6.71. The van der Waals surface area contributed by atoms with Crippen LogP contribution in [0.15, 0.2) is 42.5 Å². The van der Waals surface area contributed by atoms with Gasteiger partial charge in [0.05, 0.1) is 11.1 Å². The lowest BCUT2D eigenvalue weighted by Gasteiger charge is -2.21. The Balaban J connectivity index is 1.64. The molecule has 0 aromatic heterocycles. The second-order valence-corrected chi connectivity index (χ2v) is 6.15. The molecule has 24 heavy (non-hydrogen) atoms. The van der Waals surface area contributed by atoms with Gasteiger partial charge in [-0.15, -0.1) is 0 Å². The van der Waals surface area contributed by atoms with Gasteiger partial charge in [0, 0.05) is 30.2 Å². The van der Waals surface area contributed by atoms with Crippen molar-refractivity contribution >= 4 is 23.4 Å². The van der Waals surface area contributed by atoms with Crippen molar-refractivity contribution in [2.45, 2.75) is 6.54 Å². The van der Waals surface area contributed by atoms with Gasteiger partial charge in [-0.05, 0) is 31.3 Å². The molecule has 0 spiro atoms. The van der Waals surface area contributed by atoms with Crippen LogP contribution in [0.1, 0.15) is 26.3 Å². The van der Waals surface area contributed by atoms with Crippen molar-refractivity contribution in [1.82, 2.24) is 9.80 Å². The first-order valence-corrected chi connectivity index (χ1v) is 7.93. The van der Waals surface area contributed by atoms with Crippen LogP contribution in [0.5, 0.6) is 0 Å². The summed E-state index contributed by atoms with van der Waals surface area (Å²) in [7, 11) is 1.79. The lowest BCUT2D eigenvalue weighted by atomic mass is 10.1. The van der Waals surface area contributed by atoms with Crippen LogP contribution in [0, 0.1) is 5.82 Å². The lowest BCUT2D eigenvalue weighted by Crippen LogP contribution is -2.36. The molecule has 2 aromatic rings. The van der Waals surface area contributed by atoms with Crippen molar-refractivity contribution in [3.8, 4) is 0 Å². The van der Waals surface area contributed by atoms with Crippen LogP contribution in [0.2, 0.25) is 5.02 Å². The third kappa shape index (κ3) is 3.05. The Morgan fingerprint density at radius 1 is 1.04 bits per heavy atom. The van der Waals surface area contributed by atoms with Gasteiger partial charge in [-0.25, -0.2) is 4.39 Å². The molecule has 0 bridgehead atoms. The van der Waals surface area contributed by atoms with Crippen molar-refractivity contribution in [3.63, 3.8) is 0 Å². The number of benzene rings is 2. The van der Waals surface area contributed by atoms with E-state index < -0.39 is 0 Å². The van der Waals surface area contributed by atoms with Crippen LogP contribution < -0.4 is 0 Å². The van der Waals surface area contributed by atoms with Gasteiger partial charge in [-0.1, -0.05) is 29.8 Å². The summed E-state index contributed by atoms with van der Waals surface area (Å²) < 4.78 is 13.8. The first-order chi connectivity index (χ1) is 11.5. The van der Waals surface area contributed by atoms with Crippen molar-refractivity contribution in [3.05, 3.63) is 70.0 Å². The highest BCUT2D eigenvalue weighted by molar-refractivity contribution is 6.31. The zero-order chi connectivity index (χ0) is 17.3. The Labute approximate surface area is 144 Å². The molecule has 2 aromatic carbocycles. The summed E-state index contributed by atoms with van der Waals surface area (Å²) in [6.07, 6.45) is 0. The minimum Gasteiger partial charge on any atom is -0.300 e. The molecule has 0 unspecified atom stereocenters. The molecule has 0 atom stereocenters. The van der Waals surface area contributed by atoms with Crippen LogP contribution >= 0.6 is 11.6 Å². The van der Waals surface area contributed by atoms with Crippen molar-refractivity contribution in [2.75, 3.05) is 20.1 Å². The molecular weight excluding hydrogens is 331 g/mol. The molecule has 0 aliphatic carbocycles. The predicted molar refractivity (Wildman–Crippen MR) is 89.6 cm³/mol. The number of nitrogens with zero attached hydrogens (tertiary/aromatic N) is 2. The number of rotatable bonds is 5. The van der Waals surface area contributed by atoms with Gasteiger partial charge in [0.15, 0.2) is 0 Å². The van der Waals surface area contributed by atoms with E-state index in [1.807, 2.05) is 4.90 Å². The average molecular weight is 347 g/mol. The van der Waals surface area contributed by atoms with E-state index in [0.717, 1.165) is 0 Å². The monoisotopic (exact) mass is 346 g/mol. The molecule has 4 nitrogen and oxygen atoms in total. The number of amides is 2. The fourth-order valence-corrected chi connectivity index (χ4v) is 2.97. The average Bonchev–Trinajstić information content (AvgIpc) is 2.81. The molecule has 124 valence electrons. The number of hydrogen-bond donors (Lipinski definition) is 0. The summed E-state index contributed by atoms with van der Waals surface area (Å²) in [5, 5.41) is 0.364. The van der Waals surface area contributed by atoms with Gasteiger partial charge in [0.2, 0.25) is 0 Å². The number of carbonyl (C=O) groups excluding carboxylic acids is 2. The fourth-order valence-electron chi connectivity index (χ4n) is 2.75. The standard InChI is InChI=1S/C18H16ClFN2O2/c1-21(11-14-15(19)7-4-8-16(14)20)9-10-22-17(23)12-5-2-3-6-13(12)18(22)24/h2-8H,9-11H2,1H3. The molecule has 1 aliphatic heterocycles. The fraction of sp³-hybridized carbons (Fsp3) is 0.222. The van der Waals surface area contributed by atoms with Gasteiger partial charge in [-0.3, -0.25) is 14.5 Å². The van der Waals surface area contributed by atoms with E-state index in [2.05, 4.69) is 0 Å². The highest BCUT2D eigenvalue weighted by Crippen LogP contribution is 2.23. The summed E-state index contributed by atoms with van der Waals surface area (Å²) in [6.45, 7) is 0.972. The molecule has 0 saturated carbocycles. The maximum absolute atomic E-state index is 13.8. The summed E-state index contributed by atoms with van der Waals surface area (Å²) in [4.78, 5) is 27.6. The Kier molecular flexibility index (Phi) is 4.64. The summed E-state index contributed by atoms with van der Waals surface area (Å²) in [6, 6.07) is 11.3. The zero-order valence-corrected chi connectivity index (χ0v) is 13.9. The highest BCUT2D eigenvalue weighted by Gasteiger charge is 2.34. The molecule has 1 aliphatic rings. The molecule has 1 heterocycles. The van der Waals surface area contributed by atoms with Gasteiger partial charge in [-0.2, -0.15) is 0 Å². The smallest absolute Gasteiger partial charge is 0.261 e. The van der Waals surface area contributed by atoms with Crippen LogP contribution in [-0.4, -0.2) is 41.8 Å². The number of carbonyl (C=O) groups is 2. The van der Waals surface area contributed by atoms with Crippen LogP contribution in [0.25, 0.3) is 0 Å². The number of likely N-dealkylation sites (N-methyl/N-ethyl adjacent to an activating group) is 1. The first-order valence-electron chi connectivity index (χ1n) is 7.55. The Morgan fingerprint density at radius 2 is 1.67 bits per heavy atom. The molecular formula is C18H16ClFN2O2. The normalized spacial score (nSPS) is 13.8. The van der Waals surface area contributed by atoms with Gasteiger partial charge in [0.25, 0.3) is 11.8 Å². The molecule has 0 radical (unpaired) electrons. The van der Waals surface area contributed by atoms with Crippen molar-refractivity contribution in [2.24, 2.45) is 0 Å². The molecule has 6 heteroatoms. The lowest BCUT2D eigenvalue weighted by molar-refractivity contribution is 0.0640. The second-order valence-electron chi connectivity index (χ2n) is 5.75. The highest BCUT2D eigenvalue weighted by atomic mass is 35.5. The van der Waals surface area contributed by atoms with E-state index in [9.17, 15) is 14.0 Å². The summed E-state index contributed by atoms with van der Waals surface area (Å²) >= 11 is 6.02. The van der Waals surface area contributed by atoms with Crippen LogP contribution in [0.4, 0.5) is 4.39 Å². The Morgan fingerprint density at radius 3 is 2.25 bits per heavy atom. The van der Waals surface area contributed by atoms with E-state index in [-0.39, 0.29) is 24.2 Å². The molecule has 0 N–H and O–H groups in total. The van der Waals surface area contributed by atoms with E-state index >= 15 is 0 Å². The predicted octanol–water partition coefficient (Wildman–Crippen LogP) is 3.21. The molecule has 0 fully saturated rings. The van der Waals surface area contributed by atoms with Crippen molar-refractivity contribution in [1.29, 1.82) is 0 Å². The zero-order valence-electron chi connectivity index (χ0n) is 13.1. The van der Waals surface area contributed by atoms with Gasteiger partial charge in [0.1, 0.15) is 5.82 Å². The van der Waals surface area contributed by atoms with Crippen molar-refractivity contribution < 1.29 is 14.0 Å². The maximum Gasteiger partial charge on any atom is 0.261 e. The number of fused-ring (bicyclic) bond motifs is 1.